The van der Waals surface area contributed by atoms with Gasteiger partial charge in [-0.1, -0.05) is 27.6 Å². The number of rotatable bonds is 4. The number of hydrogen-bond donors (Lipinski definition) is 0. The molecule has 0 spiro atoms. The van der Waals surface area contributed by atoms with Crippen LogP contribution in [0.2, 0.25) is 0 Å². The molecular formula is C10H17Br. The van der Waals surface area contributed by atoms with Gasteiger partial charge in [0.1, 0.15) is 0 Å². The molecule has 0 unspecified atom stereocenters. The maximum Gasteiger partial charge on any atom is 0.00880 e. The van der Waals surface area contributed by atoms with Crippen LogP contribution >= 0.6 is 15.9 Å². The van der Waals surface area contributed by atoms with Gasteiger partial charge < -0.3 is 0 Å². The zero-order valence-electron chi connectivity index (χ0n) is 7.49. The summed E-state index contributed by atoms with van der Waals surface area (Å²) in [5.74, 6) is 0. The largest absolute Gasteiger partial charge is 0.0922 e. The first-order valence-corrected chi connectivity index (χ1v) is 5.50. The summed E-state index contributed by atoms with van der Waals surface area (Å²) in [6.07, 6.45) is 7.88. The van der Waals surface area contributed by atoms with Gasteiger partial charge in [-0.3, -0.25) is 0 Å². The van der Waals surface area contributed by atoms with E-state index in [4.69, 9.17) is 0 Å². The van der Waals surface area contributed by atoms with Crippen molar-refractivity contribution < 1.29 is 0 Å². The number of alkyl halides is 1. The molecular weight excluding hydrogens is 200 g/mol. The van der Waals surface area contributed by atoms with Crippen LogP contribution in [0.25, 0.3) is 0 Å². The Balaban J connectivity index is 2.17. The van der Waals surface area contributed by atoms with Crippen LogP contribution in [0.15, 0.2) is 11.6 Å². The van der Waals surface area contributed by atoms with Crippen molar-refractivity contribution in [1.82, 2.24) is 0 Å². The van der Waals surface area contributed by atoms with Crippen molar-refractivity contribution >= 4 is 15.9 Å². The third-order valence-electron chi connectivity index (χ3n) is 2.47. The van der Waals surface area contributed by atoms with E-state index in [0.717, 1.165) is 0 Å². The van der Waals surface area contributed by atoms with Crippen molar-refractivity contribution in [2.45, 2.75) is 39.5 Å². The summed E-state index contributed by atoms with van der Waals surface area (Å²) in [4.78, 5) is 0. The molecule has 1 rings (SSSR count). The van der Waals surface area contributed by atoms with Crippen LogP contribution < -0.4 is 0 Å². The SMILES string of the molecule is CC(C)=CCCC1(CBr)CC1. The lowest BCUT2D eigenvalue weighted by molar-refractivity contribution is 0.538. The maximum absolute atomic E-state index is 3.58. The highest BCUT2D eigenvalue weighted by atomic mass is 79.9. The van der Waals surface area contributed by atoms with Crippen molar-refractivity contribution in [3.8, 4) is 0 Å². The Morgan fingerprint density at radius 3 is 2.45 bits per heavy atom. The summed E-state index contributed by atoms with van der Waals surface area (Å²) < 4.78 is 0. The second kappa shape index (κ2) is 3.75. The quantitative estimate of drug-likeness (QED) is 0.494. The third-order valence-corrected chi connectivity index (χ3v) is 3.66. The van der Waals surface area contributed by atoms with Gasteiger partial charge in [0.15, 0.2) is 0 Å². The molecule has 1 aliphatic rings. The summed E-state index contributed by atoms with van der Waals surface area (Å²) in [7, 11) is 0. The first kappa shape index (κ1) is 9.31. The molecule has 1 heteroatoms. The lowest BCUT2D eigenvalue weighted by Crippen LogP contribution is -2.00. The van der Waals surface area contributed by atoms with Crippen molar-refractivity contribution in [3.05, 3.63) is 11.6 Å². The normalized spacial score (nSPS) is 19.5. The van der Waals surface area contributed by atoms with Crippen LogP contribution in [0, 0.1) is 5.41 Å². The van der Waals surface area contributed by atoms with Crippen LogP contribution in [-0.4, -0.2) is 5.33 Å². The predicted octanol–water partition coefficient (Wildman–Crippen LogP) is 3.91. The Kier molecular flexibility index (Phi) is 3.17. The molecule has 0 aromatic heterocycles. The van der Waals surface area contributed by atoms with Gasteiger partial charge in [0, 0.05) is 5.33 Å². The smallest absolute Gasteiger partial charge is 0.00880 e. The zero-order chi connectivity index (χ0) is 8.32. The van der Waals surface area contributed by atoms with E-state index in [1.54, 1.807) is 0 Å². The first-order chi connectivity index (χ1) is 5.18. The van der Waals surface area contributed by atoms with Crippen molar-refractivity contribution in [1.29, 1.82) is 0 Å². The number of halogens is 1. The van der Waals surface area contributed by atoms with Gasteiger partial charge in [-0.05, 0) is 44.9 Å². The molecule has 1 fully saturated rings. The summed E-state index contributed by atoms with van der Waals surface area (Å²) in [5, 5.41) is 1.20. The molecule has 0 bridgehead atoms. The van der Waals surface area contributed by atoms with Gasteiger partial charge in [0.05, 0.1) is 0 Å². The topological polar surface area (TPSA) is 0 Å². The molecule has 0 aromatic carbocycles. The minimum atomic E-state index is 0.700. The molecule has 64 valence electrons. The highest BCUT2D eigenvalue weighted by molar-refractivity contribution is 9.09. The van der Waals surface area contributed by atoms with Crippen molar-refractivity contribution in [2.24, 2.45) is 5.41 Å². The first-order valence-electron chi connectivity index (χ1n) is 4.38. The molecule has 0 saturated heterocycles. The van der Waals surface area contributed by atoms with Gasteiger partial charge in [-0.15, -0.1) is 0 Å². The second-order valence-corrected chi connectivity index (χ2v) is 4.51. The van der Waals surface area contributed by atoms with Crippen molar-refractivity contribution in [2.75, 3.05) is 5.33 Å². The Bertz CT molecular complexity index is 150. The lowest BCUT2D eigenvalue weighted by atomic mass is 10.0. The van der Waals surface area contributed by atoms with Crippen LogP contribution in [0.1, 0.15) is 39.5 Å². The van der Waals surface area contributed by atoms with Gasteiger partial charge >= 0.3 is 0 Å². The third kappa shape index (κ3) is 2.98. The number of allylic oxidation sites excluding steroid dienone is 2. The minimum Gasteiger partial charge on any atom is -0.0922 e. The highest BCUT2D eigenvalue weighted by Gasteiger charge is 2.40. The molecule has 0 amide bonds. The Morgan fingerprint density at radius 1 is 1.45 bits per heavy atom. The van der Waals surface area contributed by atoms with Crippen LogP contribution in [-0.2, 0) is 0 Å². The van der Waals surface area contributed by atoms with E-state index < -0.39 is 0 Å². The fourth-order valence-electron chi connectivity index (χ4n) is 1.29. The van der Waals surface area contributed by atoms with E-state index in [9.17, 15) is 0 Å². The number of hydrogen-bond acceptors (Lipinski definition) is 0. The molecule has 1 aliphatic carbocycles. The minimum absolute atomic E-state index is 0.700. The summed E-state index contributed by atoms with van der Waals surface area (Å²) >= 11 is 3.58. The van der Waals surface area contributed by atoms with Gasteiger partial charge in [0.2, 0.25) is 0 Å². The Morgan fingerprint density at radius 2 is 2.09 bits per heavy atom. The van der Waals surface area contributed by atoms with E-state index >= 15 is 0 Å². The molecule has 11 heavy (non-hydrogen) atoms. The molecule has 0 aromatic rings. The van der Waals surface area contributed by atoms with E-state index in [0.29, 0.717) is 5.41 Å². The standard InChI is InChI=1S/C10H17Br/c1-9(2)4-3-5-10(8-11)6-7-10/h4H,3,5-8H2,1-2H3. The van der Waals surface area contributed by atoms with Gasteiger partial charge in [-0.25, -0.2) is 0 Å². The summed E-state index contributed by atoms with van der Waals surface area (Å²) in [6.45, 7) is 4.35. The van der Waals surface area contributed by atoms with Crippen LogP contribution in [0.4, 0.5) is 0 Å². The van der Waals surface area contributed by atoms with Crippen molar-refractivity contribution in [3.63, 3.8) is 0 Å². The average molecular weight is 217 g/mol. The molecule has 0 heterocycles. The van der Waals surface area contributed by atoms with Gasteiger partial charge in [-0.2, -0.15) is 0 Å². The molecule has 0 atom stereocenters. The van der Waals surface area contributed by atoms with Gasteiger partial charge in [0.25, 0.3) is 0 Å². The Hall–Kier alpha value is 0.220. The highest BCUT2D eigenvalue weighted by Crippen LogP contribution is 2.50. The predicted molar refractivity (Wildman–Crippen MR) is 54.1 cm³/mol. The summed E-state index contributed by atoms with van der Waals surface area (Å²) in [6, 6.07) is 0. The molecule has 0 N–H and O–H groups in total. The van der Waals surface area contributed by atoms with E-state index in [-0.39, 0.29) is 0 Å². The lowest BCUT2D eigenvalue weighted by Gasteiger charge is -2.08. The van der Waals surface area contributed by atoms with Crippen LogP contribution in [0.3, 0.4) is 0 Å². The van der Waals surface area contributed by atoms with E-state index in [1.165, 1.54) is 36.6 Å². The zero-order valence-corrected chi connectivity index (χ0v) is 9.08. The second-order valence-electron chi connectivity index (χ2n) is 3.95. The Labute approximate surface area is 78.2 Å². The molecule has 0 aliphatic heterocycles. The molecule has 0 radical (unpaired) electrons. The van der Waals surface area contributed by atoms with E-state index in [2.05, 4.69) is 35.9 Å². The maximum atomic E-state index is 3.58. The van der Waals surface area contributed by atoms with E-state index in [1.807, 2.05) is 0 Å². The molecule has 1 saturated carbocycles. The van der Waals surface area contributed by atoms with Crippen LogP contribution in [0.5, 0.6) is 0 Å². The monoisotopic (exact) mass is 216 g/mol. The summed E-state index contributed by atoms with van der Waals surface area (Å²) in [5.41, 5.74) is 2.15. The average Bonchev–Trinajstić information content (AvgIpc) is 2.69. The molecule has 0 nitrogen and oxygen atoms in total. The fourth-order valence-corrected chi connectivity index (χ4v) is 2.14. The fraction of sp³-hybridized carbons (Fsp3) is 0.800.